The highest BCUT2D eigenvalue weighted by Crippen LogP contribution is 2.15. The lowest BCUT2D eigenvalue weighted by molar-refractivity contribution is -0.134. The zero-order valence-electron chi connectivity index (χ0n) is 13.5. The maximum absolute atomic E-state index is 10.5. The van der Waals surface area contributed by atoms with Crippen molar-refractivity contribution in [3.8, 4) is 0 Å². The molecule has 0 saturated heterocycles. The summed E-state index contributed by atoms with van der Waals surface area (Å²) in [5.74, 6) is 0.509. The molecule has 0 fully saturated rings. The van der Waals surface area contributed by atoms with Crippen molar-refractivity contribution in [2.24, 2.45) is 0 Å². The maximum atomic E-state index is 10.5. The minimum absolute atomic E-state index is 0.205. The van der Waals surface area contributed by atoms with Crippen LogP contribution in [0.4, 0.5) is 5.95 Å². The summed E-state index contributed by atoms with van der Waals surface area (Å²) in [4.78, 5) is 20.7. The molecule has 0 saturated carbocycles. The molecule has 8 nitrogen and oxygen atoms in total. The van der Waals surface area contributed by atoms with Gasteiger partial charge in [-0.25, -0.2) is 9.97 Å². The molecule has 0 aromatic carbocycles. The minimum Gasteiger partial charge on any atom is -0.480 e. The molecular weight excluding hydrogens is 298 g/mol. The van der Waals surface area contributed by atoms with Crippen molar-refractivity contribution in [3.05, 3.63) is 35.5 Å². The van der Waals surface area contributed by atoms with Crippen LogP contribution in [0.2, 0.25) is 0 Å². The number of anilines is 1. The van der Waals surface area contributed by atoms with Gasteiger partial charge in [-0.1, -0.05) is 19.0 Å². The molecule has 0 spiro atoms. The van der Waals surface area contributed by atoms with Crippen LogP contribution in [0.15, 0.2) is 23.0 Å². The highest BCUT2D eigenvalue weighted by Gasteiger charge is 2.10. The van der Waals surface area contributed by atoms with Crippen LogP contribution >= 0.6 is 0 Å². The summed E-state index contributed by atoms with van der Waals surface area (Å²) in [6.45, 7) is 5.23. The largest absolute Gasteiger partial charge is 0.480 e. The Bertz CT molecular complexity index is 639. The highest BCUT2D eigenvalue weighted by atomic mass is 16.5. The van der Waals surface area contributed by atoms with E-state index in [1.165, 1.54) is 0 Å². The third-order valence-electron chi connectivity index (χ3n) is 3.15. The fraction of sp³-hybridized carbons (Fsp3) is 0.467. The second-order valence-corrected chi connectivity index (χ2v) is 5.71. The standard InChI is InChI=1S/C15H21N5O3/c1-10(2)13-4-12(23-19-13)9-20(3)8-11-5-16-15(17-6-11)18-7-14(21)22/h4-6,10H,7-9H2,1-3H3,(H,21,22)(H,16,17,18). The van der Waals surface area contributed by atoms with Gasteiger partial charge in [-0.3, -0.25) is 9.69 Å². The summed E-state index contributed by atoms with van der Waals surface area (Å²) < 4.78 is 5.32. The summed E-state index contributed by atoms with van der Waals surface area (Å²) >= 11 is 0. The molecule has 0 radical (unpaired) electrons. The second-order valence-electron chi connectivity index (χ2n) is 5.71. The number of nitrogens with one attached hydrogen (secondary N) is 1. The van der Waals surface area contributed by atoms with Crippen molar-refractivity contribution in [2.75, 3.05) is 18.9 Å². The zero-order valence-corrected chi connectivity index (χ0v) is 13.5. The Kier molecular flexibility index (Phi) is 5.64. The van der Waals surface area contributed by atoms with Crippen molar-refractivity contribution in [2.45, 2.75) is 32.9 Å². The highest BCUT2D eigenvalue weighted by molar-refractivity contribution is 5.71. The number of hydrogen-bond donors (Lipinski definition) is 2. The van der Waals surface area contributed by atoms with E-state index in [0.717, 1.165) is 17.0 Å². The molecule has 0 aliphatic heterocycles. The second kappa shape index (κ2) is 7.68. The molecule has 0 atom stereocenters. The minimum atomic E-state index is -0.953. The summed E-state index contributed by atoms with van der Waals surface area (Å²) in [7, 11) is 1.97. The lowest BCUT2D eigenvalue weighted by Crippen LogP contribution is -2.18. The van der Waals surface area contributed by atoms with Crippen molar-refractivity contribution in [3.63, 3.8) is 0 Å². The van der Waals surface area contributed by atoms with E-state index >= 15 is 0 Å². The van der Waals surface area contributed by atoms with E-state index in [4.69, 9.17) is 9.63 Å². The van der Waals surface area contributed by atoms with Gasteiger partial charge in [0.25, 0.3) is 0 Å². The van der Waals surface area contributed by atoms with Gasteiger partial charge >= 0.3 is 5.97 Å². The van der Waals surface area contributed by atoms with Crippen molar-refractivity contribution in [1.82, 2.24) is 20.0 Å². The first-order valence-corrected chi connectivity index (χ1v) is 7.34. The van der Waals surface area contributed by atoms with Gasteiger partial charge in [0.1, 0.15) is 6.54 Å². The monoisotopic (exact) mass is 319 g/mol. The zero-order chi connectivity index (χ0) is 16.8. The first kappa shape index (κ1) is 16.9. The van der Waals surface area contributed by atoms with Gasteiger partial charge in [0.2, 0.25) is 5.95 Å². The Morgan fingerprint density at radius 2 is 2.04 bits per heavy atom. The normalized spacial score (nSPS) is 11.2. The molecule has 0 aliphatic rings. The number of hydrogen-bond acceptors (Lipinski definition) is 7. The van der Waals surface area contributed by atoms with Crippen LogP contribution < -0.4 is 5.32 Å². The summed E-state index contributed by atoms with van der Waals surface area (Å²) in [6.07, 6.45) is 3.35. The molecule has 0 aliphatic carbocycles. The lowest BCUT2D eigenvalue weighted by Gasteiger charge is -2.14. The van der Waals surface area contributed by atoms with E-state index in [1.807, 2.05) is 13.1 Å². The number of aromatic nitrogens is 3. The topological polar surface area (TPSA) is 104 Å². The first-order chi connectivity index (χ1) is 10.9. The fourth-order valence-corrected chi connectivity index (χ4v) is 1.99. The van der Waals surface area contributed by atoms with Gasteiger partial charge in [0, 0.05) is 30.6 Å². The molecule has 2 rings (SSSR count). The average Bonchev–Trinajstić information content (AvgIpc) is 2.95. The van der Waals surface area contributed by atoms with E-state index in [2.05, 4.69) is 39.2 Å². The van der Waals surface area contributed by atoms with E-state index in [1.54, 1.807) is 12.4 Å². The average molecular weight is 319 g/mol. The van der Waals surface area contributed by atoms with Crippen molar-refractivity contribution >= 4 is 11.9 Å². The predicted octanol–water partition coefficient (Wildman–Crippen LogP) is 1.72. The maximum Gasteiger partial charge on any atom is 0.322 e. The van der Waals surface area contributed by atoms with Crippen LogP contribution in [0.5, 0.6) is 0 Å². The van der Waals surface area contributed by atoms with Gasteiger partial charge in [0.15, 0.2) is 5.76 Å². The number of carboxylic acids is 1. The summed E-state index contributed by atoms with van der Waals surface area (Å²) in [6, 6.07) is 1.97. The molecule has 2 N–H and O–H groups in total. The quantitative estimate of drug-likeness (QED) is 0.758. The molecule has 23 heavy (non-hydrogen) atoms. The molecule has 0 bridgehead atoms. The Hall–Kier alpha value is -2.48. The molecule has 2 aromatic heterocycles. The summed E-state index contributed by atoms with van der Waals surface area (Å²) in [5, 5.41) is 15.2. The number of nitrogens with zero attached hydrogens (tertiary/aromatic N) is 4. The Morgan fingerprint density at radius 3 is 2.61 bits per heavy atom. The molecule has 0 amide bonds. The van der Waals surface area contributed by atoms with E-state index < -0.39 is 5.97 Å². The third kappa shape index (κ3) is 5.33. The molecule has 0 unspecified atom stereocenters. The molecule has 8 heteroatoms. The third-order valence-corrected chi connectivity index (χ3v) is 3.15. The van der Waals surface area contributed by atoms with Crippen LogP contribution in [0.25, 0.3) is 0 Å². The lowest BCUT2D eigenvalue weighted by atomic mass is 10.1. The van der Waals surface area contributed by atoms with Gasteiger partial charge < -0.3 is 14.9 Å². The molecule has 124 valence electrons. The van der Waals surface area contributed by atoms with Gasteiger partial charge in [-0.2, -0.15) is 0 Å². The van der Waals surface area contributed by atoms with E-state index in [0.29, 0.717) is 25.0 Å². The van der Waals surface area contributed by atoms with Crippen molar-refractivity contribution in [1.29, 1.82) is 0 Å². The van der Waals surface area contributed by atoms with E-state index in [9.17, 15) is 4.79 Å². The SMILES string of the molecule is CC(C)c1cc(CN(C)Cc2cnc(NCC(=O)O)nc2)on1. The number of aliphatic carboxylic acids is 1. The van der Waals surface area contributed by atoms with Crippen LogP contribution in [0.3, 0.4) is 0 Å². The number of rotatable bonds is 8. The van der Waals surface area contributed by atoms with Crippen LogP contribution in [-0.4, -0.2) is 44.7 Å². The fourth-order valence-electron chi connectivity index (χ4n) is 1.99. The van der Waals surface area contributed by atoms with Gasteiger partial charge in [0.05, 0.1) is 12.2 Å². The predicted molar refractivity (Wildman–Crippen MR) is 83.9 cm³/mol. The Balaban J connectivity index is 1.86. The van der Waals surface area contributed by atoms with Crippen LogP contribution in [0.1, 0.15) is 36.8 Å². The Labute approximate surface area is 134 Å². The molecule has 2 heterocycles. The summed E-state index contributed by atoms with van der Waals surface area (Å²) in [5.41, 5.74) is 1.88. The molecule has 2 aromatic rings. The van der Waals surface area contributed by atoms with Crippen LogP contribution in [-0.2, 0) is 17.9 Å². The van der Waals surface area contributed by atoms with Gasteiger partial charge in [-0.15, -0.1) is 0 Å². The number of carbonyl (C=O) groups is 1. The molecular formula is C15H21N5O3. The van der Waals surface area contributed by atoms with Gasteiger partial charge in [-0.05, 0) is 13.0 Å². The van der Waals surface area contributed by atoms with Crippen molar-refractivity contribution < 1.29 is 14.4 Å². The Morgan fingerprint density at radius 1 is 1.35 bits per heavy atom. The number of carboxylic acid groups (broad SMARTS) is 1. The van der Waals surface area contributed by atoms with E-state index in [-0.39, 0.29) is 6.54 Å². The smallest absolute Gasteiger partial charge is 0.322 e. The van der Waals surface area contributed by atoms with Crippen LogP contribution in [0, 0.1) is 0 Å². The first-order valence-electron chi connectivity index (χ1n) is 7.34.